The van der Waals surface area contributed by atoms with Crippen molar-refractivity contribution in [3.8, 4) is 0 Å². The van der Waals surface area contributed by atoms with E-state index in [0.29, 0.717) is 6.61 Å². The van der Waals surface area contributed by atoms with E-state index >= 15 is 0 Å². The Morgan fingerprint density at radius 1 is 1.57 bits per heavy atom. The average molecular weight is 134 g/mol. The summed E-state index contributed by atoms with van der Waals surface area (Å²) < 4.78 is 4.22. The molecule has 0 heterocycles. The van der Waals surface area contributed by atoms with E-state index in [2.05, 4.69) is 4.52 Å². The van der Waals surface area contributed by atoms with Crippen LogP contribution in [0, 0.1) is 0 Å². The monoisotopic (exact) mass is 134 g/mol. The van der Waals surface area contributed by atoms with Gasteiger partial charge in [0, 0.05) is 0 Å². The second kappa shape index (κ2) is 7.31. The molecule has 0 aliphatic carbocycles. The second-order valence-electron chi connectivity index (χ2n) is 0.671. The molecule has 0 rings (SSSR count). The van der Waals surface area contributed by atoms with E-state index in [-0.39, 0.29) is 29.6 Å². The Bertz CT molecular complexity index is 34.1. The minimum atomic E-state index is -2.10. The van der Waals surface area contributed by atoms with E-state index in [0.717, 1.165) is 0 Å². The summed E-state index contributed by atoms with van der Waals surface area (Å²) in [5, 5.41) is 0. The first-order chi connectivity index (χ1) is 2.77. The van der Waals surface area contributed by atoms with Gasteiger partial charge in [-0.3, -0.25) is 0 Å². The molecule has 0 fully saturated rings. The topological polar surface area (TPSA) is 49.7 Å². The Labute approximate surface area is 66.0 Å². The summed E-state index contributed by atoms with van der Waals surface area (Å²) in [6.45, 7) is 2.06. The van der Waals surface area contributed by atoms with Gasteiger partial charge in [-0.1, -0.05) is 0 Å². The van der Waals surface area contributed by atoms with Crippen LogP contribution in [0.2, 0.25) is 0 Å². The maximum absolute atomic E-state index is 7.95. The van der Waals surface area contributed by atoms with Crippen molar-refractivity contribution >= 4 is 38.2 Å². The SMILES string of the molecule is CCOP(O)O.[NaH]. The molecule has 2 N–H and O–H groups in total. The Morgan fingerprint density at radius 2 is 2.00 bits per heavy atom. The van der Waals surface area contributed by atoms with E-state index < -0.39 is 8.60 Å². The van der Waals surface area contributed by atoms with Gasteiger partial charge in [-0.15, -0.1) is 0 Å². The van der Waals surface area contributed by atoms with Crippen LogP contribution in [0.3, 0.4) is 0 Å². The molecule has 0 aromatic rings. The third-order valence-corrected chi connectivity index (χ3v) is 0.734. The Balaban J connectivity index is 0. The van der Waals surface area contributed by atoms with Crippen LogP contribution in [0.15, 0.2) is 0 Å². The quantitative estimate of drug-likeness (QED) is 0.398. The predicted octanol–water partition coefficient (Wildman–Crippen LogP) is -0.414. The molecule has 40 valence electrons. The van der Waals surface area contributed by atoms with Crippen LogP contribution < -0.4 is 0 Å². The Kier molecular flexibility index (Phi) is 11.6. The van der Waals surface area contributed by atoms with Crippen molar-refractivity contribution in [2.45, 2.75) is 6.92 Å². The van der Waals surface area contributed by atoms with E-state index in [1.54, 1.807) is 6.92 Å². The molecule has 0 bridgehead atoms. The summed E-state index contributed by atoms with van der Waals surface area (Å²) in [5.41, 5.74) is 0. The zero-order valence-corrected chi connectivity index (χ0v) is 4.35. The van der Waals surface area contributed by atoms with Gasteiger partial charge in [0.15, 0.2) is 0 Å². The Hall–Kier alpha value is 1.31. The van der Waals surface area contributed by atoms with Crippen LogP contribution >= 0.6 is 8.60 Å². The van der Waals surface area contributed by atoms with Gasteiger partial charge in [0.2, 0.25) is 0 Å². The normalized spacial score (nSPS) is 8.57. The van der Waals surface area contributed by atoms with Crippen molar-refractivity contribution in [3.63, 3.8) is 0 Å². The van der Waals surface area contributed by atoms with Crippen LogP contribution in [0.5, 0.6) is 0 Å². The molecule has 0 atom stereocenters. The first-order valence-electron chi connectivity index (χ1n) is 1.58. The maximum atomic E-state index is 7.95. The third kappa shape index (κ3) is 11.1. The van der Waals surface area contributed by atoms with Crippen molar-refractivity contribution in [2.75, 3.05) is 6.61 Å². The van der Waals surface area contributed by atoms with E-state index in [9.17, 15) is 0 Å². The molecule has 3 nitrogen and oxygen atoms in total. The van der Waals surface area contributed by atoms with Crippen molar-refractivity contribution < 1.29 is 14.3 Å². The van der Waals surface area contributed by atoms with Crippen LogP contribution in [0.25, 0.3) is 0 Å². The van der Waals surface area contributed by atoms with Gasteiger partial charge in [-0.25, -0.2) is 0 Å². The van der Waals surface area contributed by atoms with Crippen LogP contribution in [0.4, 0.5) is 0 Å². The molecule has 0 radical (unpaired) electrons. The van der Waals surface area contributed by atoms with Gasteiger partial charge in [-0.2, -0.15) is 0 Å². The van der Waals surface area contributed by atoms with Crippen LogP contribution in [-0.2, 0) is 4.52 Å². The number of rotatable bonds is 2. The molecule has 0 aliphatic heterocycles. The van der Waals surface area contributed by atoms with Crippen LogP contribution in [0.1, 0.15) is 6.92 Å². The van der Waals surface area contributed by atoms with Gasteiger partial charge >= 0.3 is 38.2 Å². The minimum absolute atomic E-state index is 0. The fourth-order valence-corrected chi connectivity index (χ4v) is 0.346. The first-order valence-corrected chi connectivity index (χ1v) is 2.74. The summed E-state index contributed by atoms with van der Waals surface area (Å²) in [6.07, 6.45) is 0. The molecule has 0 amide bonds. The third-order valence-electron chi connectivity index (χ3n) is 0.245. The molecular formula is C2H8NaO3P. The summed E-state index contributed by atoms with van der Waals surface area (Å²) in [4.78, 5) is 15.9. The van der Waals surface area contributed by atoms with E-state index in [1.165, 1.54) is 0 Å². The van der Waals surface area contributed by atoms with Crippen molar-refractivity contribution in [1.82, 2.24) is 0 Å². The number of hydrogen-bond acceptors (Lipinski definition) is 3. The van der Waals surface area contributed by atoms with Gasteiger partial charge < -0.3 is 14.3 Å². The van der Waals surface area contributed by atoms with Gasteiger partial charge in [0.25, 0.3) is 0 Å². The first kappa shape index (κ1) is 11.2. The summed E-state index contributed by atoms with van der Waals surface area (Å²) >= 11 is 0. The molecule has 0 spiro atoms. The van der Waals surface area contributed by atoms with E-state index in [1.807, 2.05) is 0 Å². The molecule has 0 saturated heterocycles. The molecule has 0 saturated carbocycles. The Morgan fingerprint density at radius 3 is 2.00 bits per heavy atom. The van der Waals surface area contributed by atoms with Crippen molar-refractivity contribution in [3.05, 3.63) is 0 Å². The summed E-state index contributed by atoms with van der Waals surface area (Å²) in [7, 11) is -2.10. The van der Waals surface area contributed by atoms with Crippen molar-refractivity contribution in [2.24, 2.45) is 0 Å². The fraction of sp³-hybridized carbons (Fsp3) is 1.00. The zero-order valence-electron chi connectivity index (χ0n) is 3.46. The van der Waals surface area contributed by atoms with E-state index in [4.69, 9.17) is 9.79 Å². The molecule has 5 heteroatoms. The average Bonchev–Trinajstić information content (AvgIpc) is 1.35. The second-order valence-corrected chi connectivity index (χ2v) is 1.43. The van der Waals surface area contributed by atoms with Gasteiger partial charge in [-0.05, 0) is 6.92 Å². The molecular weight excluding hydrogens is 126 g/mol. The van der Waals surface area contributed by atoms with Crippen molar-refractivity contribution in [1.29, 1.82) is 0 Å². The molecule has 0 aromatic carbocycles. The zero-order chi connectivity index (χ0) is 4.99. The molecule has 0 unspecified atom stereocenters. The fourth-order valence-electron chi connectivity index (χ4n) is 0.115. The standard InChI is InChI=1S/C2H7O3P.Na.H/c1-2-5-6(3)4;;/h3-4H,2H2,1H3;;. The summed E-state index contributed by atoms with van der Waals surface area (Å²) in [6, 6.07) is 0. The summed E-state index contributed by atoms with van der Waals surface area (Å²) in [5.74, 6) is 0. The molecule has 0 aromatic heterocycles. The molecule has 7 heavy (non-hydrogen) atoms. The predicted molar refractivity (Wildman–Crippen MR) is 30.1 cm³/mol. The van der Waals surface area contributed by atoms with Gasteiger partial charge in [0.05, 0.1) is 6.61 Å². The van der Waals surface area contributed by atoms with Gasteiger partial charge in [0.1, 0.15) is 0 Å². The molecule has 0 aliphatic rings. The van der Waals surface area contributed by atoms with Crippen LogP contribution in [-0.4, -0.2) is 46.0 Å². The number of hydrogen-bond donors (Lipinski definition) is 2.